The SMILES string of the molecule is C#CC(C)(C)NC1CCCCC1C. The fraction of sp³-hybridized carbons (Fsp3) is 0.833. The third-order valence-corrected chi connectivity index (χ3v) is 3.02. The summed E-state index contributed by atoms with van der Waals surface area (Å²) < 4.78 is 0. The third kappa shape index (κ3) is 3.04. The molecule has 1 fully saturated rings. The van der Waals surface area contributed by atoms with Crippen molar-refractivity contribution in [2.45, 2.75) is 58.0 Å². The molecule has 74 valence electrons. The fourth-order valence-electron chi connectivity index (χ4n) is 2.04. The summed E-state index contributed by atoms with van der Waals surface area (Å²) in [4.78, 5) is 0. The second kappa shape index (κ2) is 4.15. The van der Waals surface area contributed by atoms with Crippen molar-refractivity contribution in [1.29, 1.82) is 0 Å². The molecule has 1 rings (SSSR count). The Kier molecular flexibility index (Phi) is 3.39. The summed E-state index contributed by atoms with van der Waals surface area (Å²) in [5, 5.41) is 3.56. The van der Waals surface area contributed by atoms with Gasteiger partial charge in [0.2, 0.25) is 0 Å². The molecule has 0 spiro atoms. The molecule has 1 N–H and O–H groups in total. The summed E-state index contributed by atoms with van der Waals surface area (Å²) in [6.45, 7) is 6.48. The maximum atomic E-state index is 5.46. The van der Waals surface area contributed by atoms with Gasteiger partial charge in [-0.15, -0.1) is 6.42 Å². The van der Waals surface area contributed by atoms with Crippen molar-refractivity contribution >= 4 is 0 Å². The Morgan fingerprint density at radius 2 is 1.92 bits per heavy atom. The van der Waals surface area contributed by atoms with Gasteiger partial charge in [0.05, 0.1) is 5.54 Å². The summed E-state index contributed by atoms with van der Waals surface area (Å²) in [7, 11) is 0. The molecule has 0 aliphatic heterocycles. The minimum absolute atomic E-state index is 0.143. The zero-order chi connectivity index (χ0) is 9.90. The number of hydrogen-bond donors (Lipinski definition) is 1. The van der Waals surface area contributed by atoms with Gasteiger partial charge in [0.25, 0.3) is 0 Å². The van der Waals surface area contributed by atoms with Crippen LogP contribution < -0.4 is 5.32 Å². The lowest BCUT2D eigenvalue weighted by atomic mass is 9.84. The first kappa shape index (κ1) is 10.6. The predicted molar refractivity (Wildman–Crippen MR) is 57.5 cm³/mol. The van der Waals surface area contributed by atoms with Gasteiger partial charge in [0, 0.05) is 6.04 Å². The second-order valence-electron chi connectivity index (χ2n) is 4.78. The Hall–Kier alpha value is -0.480. The summed E-state index contributed by atoms with van der Waals surface area (Å²) >= 11 is 0. The van der Waals surface area contributed by atoms with Crippen LogP contribution in [-0.4, -0.2) is 11.6 Å². The summed E-state index contributed by atoms with van der Waals surface area (Å²) in [5.41, 5.74) is -0.143. The van der Waals surface area contributed by atoms with Gasteiger partial charge in [-0.1, -0.05) is 25.7 Å². The van der Waals surface area contributed by atoms with Crippen LogP contribution in [0.5, 0.6) is 0 Å². The lowest BCUT2D eigenvalue weighted by Crippen LogP contribution is -2.48. The van der Waals surface area contributed by atoms with E-state index in [1.54, 1.807) is 0 Å². The smallest absolute Gasteiger partial charge is 0.0743 e. The van der Waals surface area contributed by atoms with E-state index in [2.05, 4.69) is 32.0 Å². The summed E-state index contributed by atoms with van der Waals surface area (Å²) in [5.74, 6) is 3.58. The van der Waals surface area contributed by atoms with E-state index >= 15 is 0 Å². The molecule has 0 radical (unpaired) electrons. The molecule has 0 aromatic rings. The van der Waals surface area contributed by atoms with Gasteiger partial charge < -0.3 is 0 Å². The van der Waals surface area contributed by atoms with E-state index in [-0.39, 0.29) is 5.54 Å². The Morgan fingerprint density at radius 3 is 2.46 bits per heavy atom. The van der Waals surface area contributed by atoms with Crippen LogP contribution in [0, 0.1) is 18.3 Å². The van der Waals surface area contributed by atoms with E-state index in [0.717, 1.165) is 5.92 Å². The molecule has 1 heteroatoms. The van der Waals surface area contributed by atoms with Crippen LogP contribution >= 0.6 is 0 Å². The van der Waals surface area contributed by atoms with Crippen LogP contribution in [0.4, 0.5) is 0 Å². The number of hydrogen-bond acceptors (Lipinski definition) is 1. The van der Waals surface area contributed by atoms with E-state index in [4.69, 9.17) is 6.42 Å². The standard InChI is InChI=1S/C12H21N/c1-5-12(3,4)13-11-9-7-6-8-10(11)2/h1,10-11,13H,6-9H2,2-4H3. The monoisotopic (exact) mass is 179 g/mol. The Bertz CT molecular complexity index is 200. The highest BCUT2D eigenvalue weighted by Gasteiger charge is 2.26. The van der Waals surface area contributed by atoms with Crippen molar-refractivity contribution in [3.63, 3.8) is 0 Å². The highest BCUT2D eigenvalue weighted by molar-refractivity contribution is 5.08. The van der Waals surface area contributed by atoms with Gasteiger partial charge in [0.1, 0.15) is 0 Å². The van der Waals surface area contributed by atoms with E-state index < -0.39 is 0 Å². The number of terminal acetylenes is 1. The van der Waals surface area contributed by atoms with Crippen LogP contribution in [0.2, 0.25) is 0 Å². The predicted octanol–water partition coefficient (Wildman–Crippen LogP) is 2.57. The van der Waals surface area contributed by atoms with Crippen molar-refractivity contribution in [3.05, 3.63) is 0 Å². The van der Waals surface area contributed by atoms with Crippen molar-refractivity contribution in [2.75, 3.05) is 0 Å². The molecule has 0 heterocycles. The topological polar surface area (TPSA) is 12.0 Å². The quantitative estimate of drug-likeness (QED) is 0.642. The molecular weight excluding hydrogens is 158 g/mol. The molecule has 1 saturated carbocycles. The molecule has 1 aliphatic carbocycles. The van der Waals surface area contributed by atoms with Crippen LogP contribution in [0.25, 0.3) is 0 Å². The number of nitrogens with one attached hydrogen (secondary N) is 1. The van der Waals surface area contributed by atoms with Crippen molar-refractivity contribution in [3.8, 4) is 12.3 Å². The first-order chi connectivity index (χ1) is 6.05. The number of rotatable bonds is 2. The van der Waals surface area contributed by atoms with Gasteiger partial charge in [-0.25, -0.2) is 0 Å². The summed E-state index contributed by atoms with van der Waals surface area (Å²) in [6, 6.07) is 0.625. The second-order valence-corrected chi connectivity index (χ2v) is 4.78. The average Bonchev–Trinajstić information content (AvgIpc) is 2.09. The Labute approximate surface area is 82.3 Å². The van der Waals surface area contributed by atoms with E-state index in [1.165, 1.54) is 25.7 Å². The maximum absolute atomic E-state index is 5.46. The van der Waals surface area contributed by atoms with Gasteiger partial charge in [-0.3, -0.25) is 5.32 Å². The molecule has 1 aliphatic rings. The minimum atomic E-state index is -0.143. The van der Waals surface area contributed by atoms with E-state index in [0.29, 0.717) is 6.04 Å². The van der Waals surface area contributed by atoms with Crippen molar-refractivity contribution in [2.24, 2.45) is 5.92 Å². The zero-order valence-electron chi connectivity index (χ0n) is 9.06. The van der Waals surface area contributed by atoms with Crippen LogP contribution in [0.1, 0.15) is 46.5 Å². The van der Waals surface area contributed by atoms with Crippen LogP contribution in [0.15, 0.2) is 0 Å². The minimum Gasteiger partial charge on any atom is -0.299 e. The largest absolute Gasteiger partial charge is 0.299 e. The van der Waals surface area contributed by atoms with Crippen LogP contribution in [-0.2, 0) is 0 Å². The van der Waals surface area contributed by atoms with Crippen molar-refractivity contribution in [1.82, 2.24) is 5.32 Å². The molecular formula is C12H21N. The third-order valence-electron chi connectivity index (χ3n) is 3.02. The van der Waals surface area contributed by atoms with Crippen molar-refractivity contribution < 1.29 is 0 Å². The van der Waals surface area contributed by atoms with Crippen LogP contribution in [0.3, 0.4) is 0 Å². The van der Waals surface area contributed by atoms with Gasteiger partial charge in [-0.2, -0.15) is 0 Å². The molecule has 2 atom stereocenters. The first-order valence-electron chi connectivity index (χ1n) is 5.30. The summed E-state index contributed by atoms with van der Waals surface area (Å²) in [6.07, 6.45) is 10.8. The molecule has 0 aromatic heterocycles. The molecule has 0 amide bonds. The highest BCUT2D eigenvalue weighted by Crippen LogP contribution is 2.25. The lowest BCUT2D eigenvalue weighted by Gasteiger charge is -2.34. The maximum Gasteiger partial charge on any atom is 0.0743 e. The molecule has 0 saturated heterocycles. The highest BCUT2D eigenvalue weighted by atomic mass is 15.0. The molecule has 1 nitrogen and oxygen atoms in total. The Morgan fingerprint density at radius 1 is 1.31 bits per heavy atom. The normalized spacial score (nSPS) is 29.7. The zero-order valence-corrected chi connectivity index (χ0v) is 9.06. The Balaban J connectivity index is 2.48. The fourth-order valence-corrected chi connectivity index (χ4v) is 2.04. The molecule has 0 bridgehead atoms. The van der Waals surface area contributed by atoms with E-state index in [1.807, 2.05) is 0 Å². The van der Waals surface area contributed by atoms with Gasteiger partial charge >= 0.3 is 0 Å². The lowest BCUT2D eigenvalue weighted by molar-refractivity contribution is 0.248. The average molecular weight is 179 g/mol. The van der Waals surface area contributed by atoms with Gasteiger partial charge in [0.15, 0.2) is 0 Å². The first-order valence-corrected chi connectivity index (χ1v) is 5.30. The van der Waals surface area contributed by atoms with E-state index in [9.17, 15) is 0 Å². The molecule has 13 heavy (non-hydrogen) atoms. The van der Waals surface area contributed by atoms with Gasteiger partial charge in [-0.05, 0) is 32.6 Å². The molecule has 2 unspecified atom stereocenters. The molecule has 0 aromatic carbocycles.